The van der Waals surface area contributed by atoms with Gasteiger partial charge in [0.25, 0.3) is 15.9 Å². The van der Waals surface area contributed by atoms with Crippen molar-refractivity contribution in [2.45, 2.75) is 4.90 Å². The van der Waals surface area contributed by atoms with E-state index in [9.17, 15) is 18.5 Å². The van der Waals surface area contributed by atoms with E-state index in [0.29, 0.717) is 22.7 Å². The molecule has 3 N–H and O–H groups in total. The van der Waals surface area contributed by atoms with Crippen LogP contribution in [0.3, 0.4) is 0 Å². The quantitative estimate of drug-likeness (QED) is 0.242. The van der Waals surface area contributed by atoms with Gasteiger partial charge in [0.1, 0.15) is 17.4 Å². The Bertz CT molecular complexity index is 1500. The van der Waals surface area contributed by atoms with Crippen LogP contribution in [0.15, 0.2) is 76.8 Å². The van der Waals surface area contributed by atoms with Gasteiger partial charge in [-0.1, -0.05) is 0 Å². The molecule has 0 bridgehead atoms. The predicted molar refractivity (Wildman–Crippen MR) is 132 cm³/mol. The van der Waals surface area contributed by atoms with Gasteiger partial charge in [0.05, 0.1) is 23.9 Å². The minimum absolute atomic E-state index is 0.00396. The number of benzene rings is 2. The smallest absolute Gasteiger partial charge is 0.266 e. The molecule has 4 rings (SSSR count). The summed E-state index contributed by atoms with van der Waals surface area (Å²) in [4.78, 5) is 16.6. The number of thiazole rings is 1. The molecule has 2 heterocycles. The number of sulfonamides is 1. The van der Waals surface area contributed by atoms with Gasteiger partial charge in [0.2, 0.25) is 0 Å². The van der Waals surface area contributed by atoms with E-state index in [-0.39, 0.29) is 15.6 Å². The Morgan fingerprint density at radius 1 is 1.17 bits per heavy atom. The number of H-pyrrole nitrogens is 1. The molecular weight excluding hydrogens is 488 g/mol. The number of carbonyl (C=O) groups excluding carboxylic acids is 1. The first kappa shape index (κ1) is 23.7. The number of amides is 1. The Labute approximate surface area is 205 Å². The van der Waals surface area contributed by atoms with Crippen LogP contribution < -0.4 is 14.8 Å². The highest BCUT2D eigenvalue weighted by molar-refractivity contribution is 7.93. The van der Waals surface area contributed by atoms with E-state index in [2.05, 4.69) is 25.2 Å². The van der Waals surface area contributed by atoms with Crippen LogP contribution in [-0.4, -0.2) is 36.6 Å². The topological polar surface area (TPSA) is 150 Å². The number of anilines is 2. The molecule has 4 aromatic rings. The molecule has 0 aliphatic carbocycles. The van der Waals surface area contributed by atoms with Gasteiger partial charge in [-0.05, 0) is 54.6 Å². The second-order valence-electron chi connectivity index (χ2n) is 7.02. The summed E-state index contributed by atoms with van der Waals surface area (Å²) in [7, 11) is -2.24. The van der Waals surface area contributed by atoms with E-state index >= 15 is 0 Å². The second kappa shape index (κ2) is 10.2. The molecule has 0 saturated carbocycles. The van der Waals surface area contributed by atoms with Gasteiger partial charge >= 0.3 is 0 Å². The predicted octanol–water partition coefficient (Wildman–Crippen LogP) is 3.89. The average molecular weight is 507 g/mol. The highest BCUT2D eigenvalue weighted by Gasteiger charge is 2.17. The Balaban J connectivity index is 1.49. The maximum Gasteiger partial charge on any atom is 0.266 e. The van der Waals surface area contributed by atoms with Gasteiger partial charge in [-0.15, -0.1) is 11.3 Å². The van der Waals surface area contributed by atoms with Gasteiger partial charge in [0, 0.05) is 28.4 Å². The number of nitriles is 1. The molecule has 35 heavy (non-hydrogen) atoms. The maximum absolute atomic E-state index is 12.7. The minimum atomic E-state index is -3.82. The van der Waals surface area contributed by atoms with Crippen LogP contribution in [0.1, 0.15) is 5.56 Å². The van der Waals surface area contributed by atoms with Crippen molar-refractivity contribution in [3.8, 4) is 23.1 Å². The summed E-state index contributed by atoms with van der Waals surface area (Å²) in [5.41, 5.74) is 2.16. The molecule has 12 heteroatoms. The summed E-state index contributed by atoms with van der Waals surface area (Å²) in [6, 6.07) is 14.7. The summed E-state index contributed by atoms with van der Waals surface area (Å²) in [5.74, 6) is 0.0473. The van der Waals surface area contributed by atoms with E-state index < -0.39 is 15.9 Å². The number of hydrogen-bond donors (Lipinski definition) is 3. The Morgan fingerprint density at radius 2 is 1.91 bits per heavy atom. The van der Waals surface area contributed by atoms with Crippen LogP contribution in [0.4, 0.5) is 10.8 Å². The molecule has 0 unspecified atom stereocenters. The van der Waals surface area contributed by atoms with Gasteiger partial charge < -0.3 is 10.1 Å². The molecule has 10 nitrogen and oxygen atoms in total. The molecule has 0 aliphatic rings. The van der Waals surface area contributed by atoms with Crippen molar-refractivity contribution >= 4 is 44.2 Å². The minimum Gasteiger partial charge on any atom is -0.497 e. The van der Waals surface area contributed by atoms with Crippen LogP contribution in [-0.2, 0) is 14.8 Å². The number of carbonyl (C=O) groups is 1. The monoisotopic (exact) mass is 506 g/mol. The number of aromatic amines is 1. The number of aromatic nitrogens is 3. The van der Waals surface area contributed by atoms with Crippen molar-refractivity contribution in [1.29, 1.82) is 5.26 Å². The maximum atomic E-state index is 12.7. The van der Waals surface area contributed by atoms with Gasteiger partial charge in [-0.3, -0.25) is 14.6 Å². The van der Waals surface area contributed by atoms with Gasteiger partial charge in [-0.2, -0.15) is 10.4 Å². The van der Waals surface area contributed by atoms with Crippen LogP contribution in [0, 0.1) is 11.3 Å². The zero-order valence-electron chi connectivity index (χ0n) is 18.2. The molecule has 0 atom stereocenters. The largest absolute Gasteiger partial charge is 0.497 e. The molecule has 2 aromatic carbocycles. The fourth-order valence-electron chi connectivity index (χ4n) is 3.06. The van der Waals surface area contributed by atoms with Gasteiger partial charge in [-0.25, -0.2) is 13.4 Å². The molecule has 0 aliphatic heterocycles. The molecule has 0 spiro atoms. The van der Waals surface area contributed by atoms with E-state index in [1.807, 2.05) is 18.2 Å². The van der Waals surface area contributed by atoms with E-state index in [0.717, 1.165) is 16.9 Å². The van der Waals surface area contributed by atoms with Crippen molar-refractivity contribution in [2.24, 2.45) is 0 Å². The summed E-state index contributed by atoms with van der Waals surface area (Å²) in [6.45, 7) is 0. The van der Waals surface area contributed by atoms with E-state index in [4.69, 9.17) is 4.74 Å². The summed E-state index contributed by atoms with van der Waals surface area (Å²) in [5, 5.41) is 21.0. The van der Waals surface area contributed by atoms with Crippen molar-refractivity contribution < 1.29 is 17.9 Å². The first-order chi connectivity index (χ1) is 16.9. The number of nitrogens with zero attached hydrogens (tertiary/aromatic N) is 3. The fourth-order valence-corrected chi connectivity index (χ4v) is 4.85. The molecule has 176 valence electrons. The van der Waals surface area contributed by atoms with Crippen LogP contribution in [0.2, 0.25) is 0 Å². The van der Waals surface area contributed by atoms with Crippen molar-refractivity contribution in [1.82, 2.24) is 15.2 Å². The zero-order chi connectivity index (χ0) is 24.8. The lowest BCUT2D eigenvalue weighted by molar-refractivity contribution is -0.112. The van der Waals surface area contributed by atoms with Crippen LogP contribution >= 0.6 is 11.3 Å². The summed E-state index contributed by atoms with van der Waals surface area (Å²) >= 11 is 1.16. The zero-order valence-corrected chi connectivity index (χ0v) is 19.9. The lowest BCUT2D eigenvalue weighted by atomic mass is 10.1. The molecule has 2 aromatic heterocycles. The SMILES string of the molecule is COc1ccc(-c2[nH]ncc2/C=C(\C#N)C(=O)Nc2ccc(S(=O)(=O)Nc3nccs3)cc2)cc1. The number of ether oxygens (including phenoxy) is 1. The standard InChI is InChI=1S/C23H18N6O4S2/c1-33-19-6-2-15(3-7-19)21-17(14-26-28-21)12-16(13-24)22(30)27-18-4-8-20(9-5-18)35(31,32)29-23-25-10-11-34-23/h2-12,14H,1H3,(H,25,29)(H,26,28)(H,27,30)/b16-12+. The van der Waals surface area contributed by atoms with Crippen molar-refractivity contribution in [3.05, 3.63) is 77.4 Å². The normalized spacial score (nSPS) is 11.5. The van der Waals surface area contributed by atoms with E-state index in [1.165, 1.54) is 42.7 Å². The molecule has 0 saturated heterocycles. The van der Waals surface area contributed by atoms with E-state index in [1.54, 1.807) is 24.6 Å². The van der Waals surface area contributed by atoms with Crippen molar-refractivity contribution in [2.75, 3.05) is 17.1 Å². The summed E-state index contributed by atoms with van der Waals surface area (Å²) < 4.78 is 32.4. The lowest BCUT2D eigenvalue weighted by Gasteiger charge is -2.08. The Hall–Kier alpha value is -4.47. The molecular formula is C23H18N6O4S2. The first-order valence-electron chi connectivity index (χ1n) is 10.0. The Kier molecular flexibility index (Phi) is 6.91. The summed E-state index contributed by atoms with van der Waals surface area (Å²) in [6.07, 6.45) is 4.43. The van der Waals surface area contributed by atoms with Gasteiger partial charge in [0.15, 0.2) is 5.13 Å². The third-order valence-electron chi connectivity index (χ3n) is 4.79. The third-order valence-corrected chi connectivity index (χ3v) is 6.96. The third kappa shape index (κ3) is 5.55. The molecule has 0 fully saturated rings. The van der Waals surface area contributed by atoms with Crippen LogP contribution in [0.5, 0.6) is 5.75 Å². The number of methoxy groups -OCH3 is 1. The van der Waals surface area contributed by atoms with Crippen molar-refractivity contribution in [3.63, 3.8) is 0 Å². The number of rotatable bonds is 8. The fraction of sp³-hybridized carbons (Fsp3) is 0.0435. The molecule has 1 amide bonds. The lowest BCUT2D eigenvalue weighted by Crippen LogP contribution is -2.15. The van der Waals surface area contributed by atoms with Crippen LogP contribution in [0.25, 0.3) is 17.3 Å². The highest BCUT2D eigenvalue weighted by atomic mass is 32.2. The highest BCUT2D eigenvalue weighted by Crippen LogP contribution is 2.26. The first-order valence-corrected chi connectivity index (χ1v) is 12.4. The average Bonchev–Trinajstić information content (AvgIpc) is 3.54. The Morgan fingerprint density at radius 3 is 2.54 bits per heavy atom. The second-order valence-corrected chi connectivity index (χ2v) is 9.60. The molecule has 0 radical (unpaired) electrons. The number of nitrogens with one attached hydrogen (secondary N) is 3. The number of hydrogen-bond acceptors (Lipinski definition) is 8.